The average molecular weight is 429 g/mol. The van der Waals surface area contributed by atoms with Crippen LogP contribution in [0.1, 0.15) is 11.1 Å². The molecule has 9 heteroatoms. The molecule has 2 N–H and O–H groups in total. The van der Waals surface area contributed by atoms with Crippen LogP contribution < -0.4 is 20.1 Å². The van der Waals surface area contributed by atoms with Crippen LogP contribution in [0.2, 0.25) is 0 Å². The second-order valence-electron chi connectivity index (χ2n) is 6.58. The van der Waals surface area contributed by atoms with E-state index in [0.717, 1.165) is 17.7 Å². The molecule has 1 aromatic heterocycles. The maximum Gasteiger partial charge on any atom is 0.387 e. The van der Waals surface area contributed by atoms with E-state index in [2.05, 4.69) is 37.6 Å². The standard InChI is InChI=1S/C22H25F2N5O2/c1-25-22(27-15-17-6-9-19(30-2)20(14-17)31-21(23)24)26-12-10-16-4-7-18(8-5-16)29-13-3-11-28-29/h3-9,11,13-14,21H,10,12,15H2,1-2H3,(H2,25,26,27). The van der Waals surface area contributed by atoms with Gasteiger partial charge in [0.2, 0.25) is 0 Å². The van der Waals surface area contributed by atoms with Crippen molar-refractivity contribution in [1.82, 2.24) is 20.4 Å². The first-order chi connectivity index (χ1) is 15.1. The Morgan fingerprint density at radius 3 is 2.52 bits per heavy atom. The molecule has 0 atom stereocenters. The minimum Gasteiger partial charge on any atom is -0.493 e. The number of methoxy groups -OCH3 is 1. The summed E-state index contributed by atoms with van der Waals surface area (Å²) in [6.45, 7) is -1.84. The molecule has 0 amide bonds. The van der Waals surface area contributed by atoms with Gasteiger partial charge in [-0.25, -0.2) is 4.68 Å². The SMILES string of the molecule is CN=C(NCCc1ccc(-n2cccn2)cc1)NCc1ccc(OC)c(OC(F)F)c1. The van der Waals surface area contributed by atoms with Crippen LogP contribution in [-0.4, -0.2) is 43.1 Å². The third kappa shape index (κ3) is 6.43. The number of hydrogen-bond acceptors (Lipinski definition) is 4. The van der Waals surface area contributed by atoms with Crippen molar-refractivity contribution in [3.63, 3.8) is 0 Å². The molecule has 164 valence electrons. The molecular formula is C22H25F2N5O2. The van der Waals surface area contributed by atoms with Crippen LogP contribution in [0.25, 0.3) is 5.69 Å². The summed E-state index contributed by atoms with van der Waals surface area (Å²) < 4.78 is 36.5. The lowest BCUT2D eigenvalue weighted by Gasteiger charge is -2.14. The molecule has 0 radical (unpaired) electrons. The first kappa shape index (κ1) is 22.1. The van der Waals surface area contributed by atoms with Crippen molar-refractivity contribution >= 4 is 5.96 Å². The molecule has 0 saturated heterocycles. The molecule has 0 fully saturated rings. The van der Waals surface area contributed by atoms with Gasteiger partial charge < -0.3 is 20.1 Å². The van der Waals surface area contributed by atoms with Crippen molar-refractivity contribution in [2.45, 2.75) is 19.6 Å². The highest BCUT2D eigenvalue weighted by molar-refractivity contribution is 5.79. The van der Waals surface area contributed by atoms with E-state index >= 15 is 0 Å². The molecule has 0 aliphatic carbocycles. The fourth-order valence-corrected chi connectivity index (χ4v) is 2.99. The lowest BCUT2D eigenvalue weighted by atomic mass is 10.1. The van der Waals surface area contributed by atoms with E-state index < -0.39 is 6.61 Å². The number of nitrogens with zero attached hydrogens (tertiary/aromatic N) is 3. The lowest BCUT2D eigenvalue weighted by Crippen LogP contribution is -2.37. The summed E-state index contributed by atoms with van der Waals surface area (Å²) in [5.74, 6) is 0.865. The third-order valence-corrected chi connectivity index (χ3v) is 4.54. The van der Waals surface area contributed by atoms with E-state index in [0.29, 0.717) is 19.0 Å². The van der Waals surface area contributed by atoms with Gasteiger partial charge in [-0.05, 0) is 47.9 Å². The van der Waals surface area contributed by atoms with Crippen LogP contribution in [0.4, 0.5) is 8.78 Å². The Hall–Kier alpha value is -3.62. The van der Waals surface area contributed by atoms with Gasteiger partial charge in [-0.15, -0.1) is 0 Å². The van der Waals surface area contributed by atoms with Gasteiger partial charge in [0.05, 0.1) is 12.8 Å². The maximum atomic E-state index is 12.6. The van der Waals surface area contributed by atoms with Crippen LogP contribution in [-0.2, 0) is 13.0 Å². The number of nitrogens with one attached hydrogen (secondary N) is 2. The topological polar surface area (TPSA) is 72.7 Å². The first-order valence-electron chi connectivity index (χ1n) is 9.74. The van der Waals surface area contributed by atoms with Gasteiger partial charge in [-0.3, -0.25) is 4.99 Å². The number of hydrogen-bond donors (Lipinski definition) is 2. The molecular weight excluding hydrogens is 404 g/mol. The lowest BCUT2D eigenvalue weighted by molar-refractivity contribution is -0.0512. The summed E-state index contributed by atoms with van der Waals surface area (Å²) in [4.78, 5) is 4.19. The van der Waals surface area contributed by atoms with Crippen molar-refractivity contribution in [3.8, 4) is 17.2 Å². The van der Waals surface area contributed by atoms with Crippen LogP contribution in [0.3, 0.4) is 0 Å². The zero-order valence-corrected chi connectivity index (χ0v) is 17.4. The number of guanidine groups is 1. The number of alkyl halides is 2. The summed E-state index contributed by atoms with van der Waals surface area (Å²) in [7, 11) is 3.08. The monoisotopic (exact) mass is 429 g/mol. The second kappa shape index (κ2) is 11.0. The van der Waals surface area contributed by atoms with E-state index in [1.807, 2.05) is 29.1 Å². The minimum absolute atomic E-state index is 0.00157. The van der Waals surface area contributed by atoms with Crippen LogP contribution in [0.15, 0.2) is 65.9 Å². The minimum atomic E-state index is -2.92. The van der Waals surface area contributed by atoms with E-state index in [-0.39, 0.29) is 11.5 Å². The molecule has 1 heterocycles. The van der Waals surface area contributed by atoms with E-state index in [1.165, 1.54) is 18.7 Å². The average Bonchev–Trinajstić information content (AvgIpc) is 3.31. The number of aromatic nitrogens is 2. The second-order valence-corrected chi connectivity index (χ2v) is 6.58. The highest BCUT2D eigenvalue weighted by Gasteiger charge is 2.11. The van der Waals surface area contributed by atoms with Gasteiger partial charge in [0.1, 0.15) is 0 Å². The molecule has 0 aliphatic rings. The van der Waals surface area contributed by atoms with Crippen molar-refractivity contribution in [2.24, 2.45) is 4.99 Å². The highest BCUT2D eigenvalue weighted by Crippen LogP contribution is 2.29. The van der Waals surface area contributed by atoms with Crippen LogP contribution in [0, 0.1) is 0 Å². The Kier molecular flexibility index (Phi) is 7.80. The Morgan fingerprint density at radius 2 is 1.87 bits per heavy atom. The summed E-state index contributed by atoms with van der Waals surface area (Å²) in [6, 6.07) is 15.0. The van der Waals surface area contributed by atoms with Gasteiger partial charge >= 0.3 is 6.61 Å². The van der Waals surface area contributed by atoms with Crippen molar-refractivity contribution in [1.29, 1.82) is 0 Å². The normalized spacial score (nSPS) is 11.5. The fourth-order valence-electron chi connectivity index (χ4n) is 2.99. The van der Waals surface area contributed by atoms with Crippen LogP contribution >= 0.6 is 0 Å². The first-order valence-corrected chi connectivity index (χ1v) is 9.74. The Bertz CT molecular complexity index is 976. The van der Waals surface area contributed by atoms with Gasteiger partial charge in [0.15, 0.2) is 17.5 Å². The van der Waals surface area contributed by atoms with Gasteiger partial charge in [0, 0.05) is 32.5 Å². The van der Waals surface area contributed by atoms with Gasteiger partial charge in [-0.2, -0.15) is 13.9 Å². The largest absolute Gasteiger partial charge is 0.493 e. The highest BCUT2D eigenvalue weighted by atomic mass is 19.3. The summed E-state index contributed by atoms with van der Waals surface area (Å²) in [6.07, 6.45) is 4.46. The number of aliphatic imine (C=N–C) groups is 1. The van der Waals surface area contributed by atoms with Crippen molar-refractivity contribution < 1.29 is 18.3 Å². The molecule has 0 spiro atoms. The molecule has 3 rings (SSSR count). The zero-order valence-electron chi connectivity index (χ0n) is 17.4. The Morgan fingerprint density at radius 1 is 1.10 bits per heavy atom. The molecule has 0 unspecified atom stereocenters. The number of rotatable bonds is 9. The molecule has 31 heavy (non-hydrogen) atoms. The van der Waals surface area contributed by atoms with Gasteiger partial charge in [-0.1, -0.05) is 18.2 Å². The predicted molar refractivity (Wildman–Crippen MR) is 115 cm³/mol. The number of ether oxygens (including phenoxy) is 2. The maximum absolute atomic E-state index is 12.6. The zero-order chi connectivity index (χ0) is 22.1. The number of halogens is 2. The summed E-state index contributed by atoms with van der Waals surface area (Å²) in [5.41, 5.74) is 2.95. The summed E-state index contributed by atoms with van der Waals surface area (Å²) in [5, 5.41) is 10.6. The molecule has 0 saturated carbocycles. The van der Waals surface area contributed by atoms with Crippen molar-refractivity contribution in [3.05, 3.63) is 72.1 Å². The van der Waals surface area contributed by atoms with Gasteiger partial charge in [0.25, 0.3) is 0 Å². The third-order valence-electron chi connectivity index (χ3n) is 4.54. The summed E-state index contributed by atoms with van der Waals surface area (Å²) >= 11 is 0. The molecule has 2 aromatic carbocycles. The Labute approximate surface area is 179 Å². The van der Waals surface area contributed by atoms with E-state index in [1.54, 1.807) is 25.4 Å². The smallest absolute Gasteiger partial charge is 0.387 e. The Balaban J connectivity index is 1.48. The molecule has 3 aromatic rings. The van der Waals surface area contributed by atoms with E-state index in [4.69, 9.17) is 4.74 Å². The van der Waals surface area contributed by atoms with E-state index in [9.17, 15) is 8.78 Å². The van der Waals surface area contributed by atoms with Crippen LogP contribution in [0.5, 0.6) is 11.5 Å². The van der Waals surface area contributed by atoms with Crippen molar-refractivity contribution in [2.75, 3.05) is 20.7 Å². The molecule has 7 nitrogen and oxygen atoms in total. The molecule has 0 bridgehead atoms. The quantitative estimate of drug-likeness (QED) is 0.403. The predicted octanol–water partition coefficient (Wildman–Crippen LogP) is 3.39. The molecule has 0 aliphatic heterocycles. The number of benzene rings is 2. The fraction of sp³-hybridized carbons (Fsp3) is 0.273.